The first-order valence-corrected chi connectivity index (χ1v) is 14.0. The molecular formula is C36H46. The molecule has 0 aliphatic heterocycles. The average Bonchev–Trinajstić information content (AvgIpc) is 2.91. The van der Waals surface area contributed by atoms with Gasteiger partial charge in [0.1, 0.15) is 0 Å². The number of fused-ring (bicyclic) bond motifs is 1. The third-order valence-corrected chi connectivity index (χ3v) is 7.71. The zero-order valence-electron chi connectivity index (χ0n) is 23.8. The van der Waals surface area contributed by atoms with Crippen LogP contribution in [0.4, 0.5) is 0 Å². The standard InChI is InChI=1S/C19H24.C17H22/c1-5-15(4)17-11-7-9-13-19(17)18-12-8-6-10-16(18)14(2)3;1-5-13(4)16-11-7-9-14-8-6-10-15(12(2)3)17(14)16/h6-15H,5H2,1-4H3;6-13H,5H2,1-4H3. The summed E-state index contributed by atoms with van der Waals surface area (Å²) in [6.07, 6.45) is 2.38. The van der Waals surface area contributed by atoms with Crippen molar-refractivity contribution in [3.8, 4) is 11.1 Å². The quantitative estimate of drug-likeness (QED) is 0.248. The van der Waals surface area contributed by atoms with E-state index < -0.39 is 0 Å². The summed E-state index contributed by atoms with van der Waals surface area (Å²) in [7, 11) is 0. The third kappa shape index (κ3) is 6.28. The average molecular weight is 479 g/mol. The van der Waals surface area contributed by atoms with E-state index in [1.807, 2.05) is 0 Å². The molecule has 0 aliphatic rings. The van der Waals surface area contributed by atoms with E-state index in [1.165, 1.54) is 57.0 Å². The number of hydrogen-bond donors (Lipinski definition) is 0. The highest BCUT2D eigenvalue weighted by Crippen LogP contribution is 2.35. The topological polar surface area (TPSA) is 0 Å². The minimum atomic E-state index is 0.557. The molecule has 0 aromatic heterocycles. The summed E-state index contributed by atoms with van der Waals surface area (Å²) in [4.78, 5) is 0. The highest BCUT2D eigenvalue weighted by atomic mass is 14.2. The summed E-state index contributed by atoms with van der Waals surface area (Å²) >= 11 is 0. The van der Waals surface area contributed by atoms with Gasteiger partial charge in [0, 0.05) is 0 Å². The van der Waals surface area contributed by atoms with Gasteiger partial charge in [0.15, 0.2) is 0 Å². The Morgan fingerprint density at radius 3 is 1.39 bits per heavy atom. The molecule has 4 aromatic rings. The molecule has 0 heterocycles. The van der Waals surface area contributed by atoms with Crippen molar-refractivity contribution in [3.05, 3.63) is 107 Å². The van der Waals surface area contributed by atoms with Crippen LogP contribution in [0.2, 0.25) is 0 Å². The molecule has 0 N–H and O–H groups in total. The predicted molar refractivity (Wildman–Crippen MR) is 161 cm³/mol. The van der Waals surface area contributed by atoms with Crippen molar-refractivity contribution in [2.75, 3.05) is 0 Å². The van der Waals surface area contributed by atoms with Gasteiger partial charge in [0.25, 0.3) is 0 Å². The molecule has 2 unspecified atom stereocenters. The third-order valence-electron chi connectivity index (χ3n) is 7.71. The Morgan fingerprint density at radius 2 is 0.861 bits per heavy atom. The first-order chi connectivity index (χ1) is 17.3. The number of benzene rings is 4. The molecular weight excluding hydrogens is 432 g/mol. The van der Waals surface area contributed by atoms with E-state index in [0.717, 1.165) is 0 Å². The van der Waals surface area contributed by atoms with Crippen LogP contribution in [0.1, 0.15) is 114 Å². The first-order valence-electron chi connectivity index (χ1n) is 14.0. The van der Waals surface area contributed by atoms with Crippen LogP contribution in [0, 0.1) is 0 Å². The predicted octanol–water partition coefficient (Wildman–Crippen LogP) is 11.5. The zero-order valence-corrected chi connectivity index (χ0v) is 23.8. The molecule has 0 bridgehead atoms. The molecule has 0 spiro atoms. The summed E-state index contributed by atoms with van der Waals surface area (Å²) in [5, 5.41) is 2.87. The van der Waals surface area contributed by atoms with Crippen LogP contribution in [-0.2, 0) is 0 Å². The fourth-order valence-corrected chi connectivity index (χ4v) is 5.15. The lowest BCUT2D eigenvalue weighted by molar-refractivity contribution is 0.735. The SMILES string of the molecule is CCC(C)c1cccc2cccc(C(C)C)c12.CCC(C)c1ccccc1-c1ccccc1C(C)C. The maximum atomic E-state index is 2.33. The van der Waals surface area contributed by atoms with Crippen molar-refractivity contribution in [2.24, 2.45) is 0 Å². The van der Waals surface area contributed by atoms with Gasteiger partial charge in [0.2, 0.25) is 0 Å². The summed E-state index contributed by atoms with van der Waals surface area (Å²) < 4.78 is 0. The highest BCUT2D eigenvalue weighted by molar-refractivity contribution is 5.89. The molecule has 4 rings (SSSR count). The molecule has 190 valence electrons. The van der Waals surface area contributed by atoms with Crippen molar-refractivity contribution >= 4 is 10.8 Å². The largest absolute Gasteiger partial charge is 0.0648 e. The van der Waals surface area contributed by atoms with Crippen molar-refractivity contribution in [1.82, 2.24) is 0 Å². The first kappa shape index (κ1) is 27.7. The summed E-state index contributed by atoms with van der Waals surface area (Å²) in [5.74, 6) is 2.39. The molecule has 0 saturated heterocycles. The normalized spacial score (nSPS) is 12.9. The molecule has 0 radical (unpaired) electrons. The number of hydrogen-bond acceptors (Lipinski definition) is 0. The van der Waals surface area contributed by atoms with Crippen molar-refractivity contribution in [2.45, 2.75) is 91.9 Å². The minimum absolute atomic E-state index is 0.557. The lowest BCUT2D eigenvalue weighted by atomic mass is 9.86. The van der Waals surface area contributed by atoms with Gasteiger partial charge < -0.3 is 0 Å². The van der Waals surface area contributed by atoms with E-state index in [-0.39, 0.29) is 0 Å². The molecule has 4 aromatic carbocycles. The van der Waals surface area contributed by atoms with Crippen LogP contribution in [0.3, 0.4) is 0 Å². The lowest BCUT2D eigenvalue weighted by Gasteiger charge is -2.19. The van der Waals surface area contributed by atoms with Crippen LogP contribution >= 0.6 is 0 Å². The zero-order chi connectivity index (χ0) is 26.2. The van der Waals surface area contributed by atoms with E-state index in [9.17, 15) is 0 Å². The monoisotopic (exact) mass is 478 g/mol. The second-order valence-corrected chi connectivity index (χ2v) is 10.9. The molecule has 2 atom stereocenters. The minimum Gasteiger partial charge on any atom is -0.0648 e. The van der Waals surface area contributed by atoms with Gasteiger partial charge in [-0.1, -0.05) is 140 Å². The van der Waals surface area contributed by atoms with Crippen molar-refractivity contribution in [3.63, 3.8) is 0 Å². The van der Waals surface area contributed by atoms with Crippen molar-refractivity contribution < 1.29 is 0 Å². The van der Waals surface area contributed by atoms with Crippen LogP contribution < -0.4 is 0 Å². The van der Waals surface area contributed by atoms with Crippen LogP contribution in [0.25, 0.3) is 21.9 Å². The van der Waals surface area contributed by atoms with Crippen LogP contribution in [0.15, 0.2) is 84.9 Å². The Hall–Kier alpha value is -2.86. The second kappa shape index (κ2) is 12.9. The Kier molecular flexibility index (Phi) is 9.94. The Labute approximate surface area is 220 Å². The summed E-state index contributed by atoms with van der Waals surface area (Å²) in [6.45, 7) is 18.3. The van der Waals surface area contributed by atoms with Crippen LogP contribution in [0.5, 0.6) is 0 Å². The second-order valence-electron chi connectivity index (χ2n) is 10.9. The van der Waals surface area contributed by atoms with Gasteiger partial charge >= 0.3 is 0 Å². The number of rotatable bonds is 7. The highest BCUT2D eigenvalue weighted by Gasteiger charge is 2.14. The molecule has 0 amide bonds. The Bertz CT molecular complexity index is 1240. The molecule has 0 aliphatic carbocycles. The van der Waals surface area contributed by atoms with Gasteiger partial charge in [-0.2, -0.15) is 0 Å². The van der Waals surface area contributed by atoms with Gasteiger partial charge in [-0.25, -0.2) is 0 Å². The van der Waals surface area contributed by atoms with Crippen LogP contribution in [-0.4, -0.2) is 0 Å². The molecule has 0 heteroatoms. The fourth-order valence-electron chi connectivity index (χ4n) is 5.15. The molecule has 0 nitrogen and oxygen atoms in total. The molecule has 0 saturated carbocycles. The van der Waals surface area contributed by atoms with E-state index in [1.54, 1.807) is 0 Å². The van der Waals surface area contributed by atoms with E-state index in [2.05, 4.69) is 140 Å². The molecule has 0 fully saturated rings. The van der Waals surface area contributed by atoms with Gasteiger partial charge in [-0.05, 0) is 80.7 Å². The lowest BCUT2D eigenvalue weighted by Crippen LogP contribution is -1.98. The Morgan fingerprint density at radius 1 is 0.444 bits per heavy atom. The summed E-state index contributed by atoms with van der Waals surface area (Å²) in [5.41, 5.74) is 8.71. The maximum absolute atomic E-state index is 2.33. The van der Waals surface area contributed by atoms with E-state index >= 15 is 0 Å². The summed E-state index contributed by atoms with van der Waals surface area (Å²) in [6, 6.07) is 31.1. The van der Waals surface area contributed by atoms with Crippen molar-refractivity contribution in [1.29, 1.82) is 0 Å². The van der Waals surface area contributed by atoms with E-state index in [4.69, 9.17) is 0 Å². The fraction of sp³-hybridized carbons (Fsp3) is 0.389. The smallest absolute Gasteiger partial charge is 0.0114 e. The Balaban J connectivity index is 0.000000202. The van der Waals surface area contributed by atoms with E-state index in [0.29, 0.717) is 23.7 Å². The van der Waals surface area contributed by atoms with Gasteiger partial charge in [-0.3, -0.25) is 0 Å². The van der Waals surface area contributed by atoms with Gasteiger partial charge in [0.05, 0.1) is 0 Å². The molecule has 36 heavy (non-hydrogen) atoms. The van der Waals surface area contributed by atoms with Gasteiger partial charge in [-0.15, -0.1) is 0 Å². The maximum Gasteiger partial charge on any atom is -0.0114 e.